The van der Waals surface area contributed by atoms with Gasteiger partial charge in [0.25, 0.3) is 11.7 Å². The molecule has 4 aromatic rings. The fourth-order valence-corrected chi connectivity index (χ4v) is 3.67. The van der Waals surface area contributed by atoms with E-state index >= 15 is 0 Å². The van der Waals surface area contributed by atoms with Gasteiger partial charge in [-0.15, -0.1) is 0 Å². The number of ketones is 1. The molecule has 4 rings (SSSR count). The van der Waals surface area contributed by atoms with E-state index in [0.717, 1.165) is 22.4 Å². The van der Waals surface area contributed by atoms with E-state index in [2.05, 4.69) is 5.32 Å². The highest BCUT2D eigenvalue weighted by Gasteiger charge is 2.26. The Labute approximate surface area is 181 Å². The molecule has 0 aliphatic heterocycles. The Bertz CT molecular complexity index is 1210. The van der Waals surface area contributed by atoms with Crippen LogP contribution in [0.5, 0.6) is 5.75 Å². The van der Waals surface area contributed by atoms with Gasteiger partial charge in [0.05, 0.1) is 12.6 Å². The van der Waals surface area contributed by atoms with Crippen LogP contribution in [-0.4, -0.2) is 22.7 Å². The molecule has 0 unspecified atom stereocenters. The summed E-state index contributed by atoms with van der Waals surface area (Å²) in [6.07, 6.45) is 1.80. The average molecular weight is 412 g/mol. The molecule has 5 heteroatoms. The molecule has 2 heterocycles. The van der Waals surface area contributed by atoms with Gasteiger partial charge in [0.2, 0.25) is 0 Å². The number of benzene rings is 2. The number of carbonyl (C=O) groups is 2. The third-order valence-corrected chi connectivity index (χ3v) is 5.22. The first kappa shape index (κ1) is 20.4. The Morgan fingerprint density at radius 3 is 2.39 bits per heavy atom. The number of rotatable bonds is 7. The van der Waals surface area contributed by atoms with Crippen molar-refractivity contribution in [3.05, 3.63) is 96.3 Å². The molecule has 0 aliphatic rings. The van der Waals surface area contributed by atoms with Crippen molar-refractivity contribution in [3.63, 3.8) is 0 Å². The highest BCUT2D eigenvalue weighted by Crippen LogP contribution is 2.30. The molecule has 0 fully saturated rings. The Balaban J connectivity index is 1.69. The SMILES string of the molecule is CCOc1ccc(-c2cc3ccccn3c2C(=O)C(=O)N[C@H](C)c2ccccc2)cc1. The van der Waals surface area contributed by atoms with E-state index in [-0.39, 0.29) is 6.04 Å². The fraction of sp³-hybridized carbons (Fsp3) is 0.154. The number of nitrogens with one attached hydrogen (secondary N) is 1. The predicted molar refractivity (Wildman–Crippen MR) is 121 cm³/mol. The van der Waals surface area contributed by atoms with Crippen LogP contribution in [-0.2, 0) is 4.79 Å². The van der Waals surface area contributed by atoms with Crippen LogP contribution < -0.4 is 10.1 Å². The number of nitrogens with zero attached hydrogens (tertiary/aromatic N) is 1. The number of pyridine rings is 1. The molecule has 0 saturated carbocycles. The molecule has 156 valence electrons. The summed E-state index contributed by atoms with van der Waals surface area (Å²) in [5, 5.41) is 2.83. The summed E-state index contributed by atoms with van der Waals surface area (Å²) < 4.78 is 7.29. The van der Waals surface area contributed by atoms with Crippen LogP contribution in [0.15, 0.2) is 85.1 Å². The van der Waals surface area contributed by atoms with Crippen molar-refractivity contribution in [2.75, 3.05) is 6.61 Å². The number of Topliss-reactive ketones (excluding diaryl/α,β-unsaturated/α-hetero) is 1. The van der Waals surface area contributed by atoms with E-state index in [1.165, 1.54) is 0 Å². The number of fused-ring (bicyclic) bond motifs is 1. The van der Waals surface area contributed by atoms with Crippen LogP contribution in [0.25, 0.3) is 16.6 Å². The van der Waals surface area contributed by atoms with Gasteiger partial charge in [-0.05, 0) is 55.3 Å². The summed E-state index contributed by atoms with van der Waals surface area (Å²) in [7, 11) is 0. The molecule has 31 heavy (non-hydrogen) atoms. The van der Waals surface area contributed by atoms with E-state index < -0.39 is 11.7 Å². The van der Waals surface area contributed by atoms with E-state index in [1.54, 1.807) is 10.6 Å². The van der Waals surface area contributed by atoms with Crippen LogP contribution >= 0.6 is 0 Å². The average Bonchev–Trinajstić information content (AvgIpc) is 3.19. The largest absolute Gasteiger partial charge is 0.494 e. The van der Waals surface area contributed by atoms with Gasteiger partial charge in [0.15, 0.2) is 0 Å². The van der Waals surface area contributed by atoms with E-state index in [1.807, 2.05) is 92.7 Å². The molecule has 0 bridgehead atoms. The highest BCUT2D eigenvalue weighted by molar-refractivity contribution is 6.43. The fourth-order valence-electron chi connectivity index (χ4n) is 3.67. The number of carbonyl (C=O) groups excluding carboxylic acids is 2. The first-order valence-corrected chi connectivity index (χ1v) is 10.3. The standard InChI is InChI=1S/C26H24N2O3/c1-3-31-22-14-12-20(13-15-22)23-17-21-11-7-8-16-28(21)24(23)25(29)26(30)27-18(2)19-9-5-4-6-10-19/h4-18H,3H2,1-2H3,(H,27,30)/t18-/m1/s1. The van der Waals surface area contributed by atoms with E-state index in [9.17, 15) is 9.59 Å². The minimum absolute atomic E-state index is 0.280. The van der Waals surface area contributed by atoms with Crippen molar-refractivity contribution in [3.8, 4) is 16.9 Å². The highest BCUT2D eigenvalue weighted by atomic mass is 16.5. The van der Waals surface area contributed by atoms with Crippen molar-refractivity contribution in [2.24, 2.45) is 0 Å². The zero-order chi connectivity index (χ0) is 21.8. The normalized spacial score (nSPS) is 11.8. The third kappa shape index (κ3) is 4.21. The maximum Gasteiger partial charge on any atom is 0.294 e. The molecule has 0 spiro atoms. The molecule has 5 nitrogen and oxygen atoms in total. The second-order valence-corrected chi connectivity index (χ2v) is 7.29. The quantitative estimate of drug-likeness (QED) is 0.341. The summed E-state index contributed by atoms with van der Waals surface area (Å²) in [6, 6.07) is 24.4. The maximum atomic E-state index is 13.3. The van der Waals surface area contributed by atoms with Crippen LogP contribution in [0.3, 0.4) is 0 Å². The summed E-state index contributed by atoms with van der Waals surface area (Å²) in [4.78, 5) is 26.2. The Morgan fingerprint density at radius 1 is 0.968 bits per heavy atom. The zero-order valence-electron chi connectivity index (χ0n) is 17.5. The summed E-state index contributed by atoms with van der Waals surface area (Å²) >= 11 is 0. The van der Waals surface area contributed by atoms with Gasteiger partial charge in [0.1, 0.15) is 11.4 Å². The lowest BCUT2D eigenvalue weighted by Gasteiger charge is -2.14. The predicted octanol–water partition coefficient (Wildman–Crippen LogP) is 5.07. The molecular weight excluding hydrogens is 388 g/mol. The van der Waals surface area contributed by atoms with Crippen LogP contribution in [0.2, 0.25) is 0 Å². The van der Waals surface area contributed by atoms with E-state index in [4.69, 9.17) is 4.74 Å². The van der Waals surface area contributed by atoms with Crippen molar-refractivity contribution in [1.29, 1.82) is 0 Å². The van der Waals surface area contributed by atoms with Crippen molar-refractivity contribution >= 4 is 17.2 Å². The second-order valence-electron chi connectivity index (χ2n) is 7.29. The van der Waals surface area contributed by atoms with Crippen LogP contribution in [0.4, 0.5) is 0 Å². The number of aromatic nitrogens is 1. The van der Waals surface area contributed by atoms with Crippen molar-refractivity contribution in [1.82, 2.24) is 9.72 Å². The van der Waals surface area contributed by atoms with Gasteiger partial charge < -0.3 is 14.5 Å². The second kappa shape index (κ2) is 8.88. The summed E-state index contributed by atoms with van der Waals surface area (Å²) in [5.41, 5.74) is 3.69. The van der Waals surface area contributed by atoms with Gasteiger partial charge in [-0.25, -0.2) is 0 Å². The molecule has 1 N–H and O–H groups in total. The van der Waals surface area contributed by atoms with E-state index in [0.29, 0.717) is 17.9 Å². The van der Waals surface area contributed by atoms with Gasteiger partial charge >= 0.3 is 0 Å². The lowest BCUT2D eigenvalue weighted by atomic mass is 10.0. The van der Waals surface area contributed by atoms with Gasteiger partial charge in [-0.2, -0.15) is 0 Å². The summed E-state index contributed by atoms with van der Waals surface area (Å²) in [5.74, 6) is -0.442. The minimum atomic E-state index is -0.632. The first-order chi connectivity index (χ1) is 15.1. The number of ether oxygens (including phenoxy) is 1. The Morgan fingerprint density at radius 2 is 1.68 bits per heavy atom. The molecule has 1 atom stereocenters. The topological polar surface area (TPSA) is 59.8 Å². The minimum Gasteiger partial charge on any atom is -0.494 e. The van der Waals surface area contributed by atoms with Crippen LogP contribution in [0, 0.1) is 0 Å². The lowest BCUT2D eigenvalue weighted by molar-refractivity contribution is -0.117. The number of hydrogen-bond donors (Lipinski definition) is 1. The molecule has 0 aliphatic carbocycles. The molecule has 0 radical (unpaired) electrons. The molecule has 2 aromatic heterocycles. The van der Waals surface area contributed by atoms with Gasteiger partial charge in [-0.1, -0.05) is 48.5 Å². The Kier molecular flexibility index (Phi) is 5.85. The smallest absolute Gasteiger partial charge is 0.294 e. The van der Waals surface area contributed by atoms with Crippen LogP contribution in [0.1, 0.15) is 35.9 Å². The monoisotopic (exact) mass is 412 g/mol. The van der Waals surface area contributed by atoms with Crippen molar-refractivity contribution in [2.45, 2.75) is 19.9 Å². The van der Waals surface area contributed by atoms with Gasteiger partial charge in [0, 0.05) is 17.3 Å². The lowest BCUT2D eigenvalue weighted by Crippen LogP contribution is -2.34. The maximum absolute atomic E-state index is 13.3. The molecule has 2 aromatic carbocycles. The third-order valence-electron chi connectivity index (χ3n) is 5.22. The number of amides is 1. The molecule has 0 saturated heterocycles. The van der Waals surface area contributed by atoms with Gasteiger partial charge in [-0.3, -0.25) is 9.59 Å². The zero-order valence-corrected chi connectivity index (χ0v) is 17.5. The Hall–Kier alpha value is -3.86. The first-order valence-electron chi connectivity index (χ1n) is 10.3. The molecular formula is C26H24N2O3. The summed E-state index contributed by atoms with van der Waals surface area (Å²) in [6.45, 7) is 4.38. The number of hydrogen-bond acceptors (Lipinski definition) is 3. The molecule has 1 amide bonds. The van der Waals surface area contributed by atoms with Crippen molar-refractivity contribution < 1.29 is 14.3 Å².